The van der Waals surface area contributed by atoms with Crippen LogP contribution in [0.5, 0.6) is 0 Å². The van der Waals surface area contributed by atoms with E-state index in [4.69, 9.17) is 14.2 Å². The summed E-state index contributed by atoms with van der Waals surface area (Å²) in [6, 6.07) is 6.32. The monoisotopic (exact) mass is 301 g/mol. The molecule has 0 aliphatic carbocycles. The molecule has 1 N–H and O–H groups in total. The molecular weight excluding hydrogens is 281 g/mol. The maximum atomic E-state index is 12.4. The van der Waals surface area contributed by atoms with E-state index in [1.54, 1.807) is 37.9 Å². The predicted octanol–water partition coefficient (Wildman–Crippen LogP) is 3.04. The fourth-order valence-corrected chi connectivity index (χ4v) is 3.42. The Balaban J connectivity index is 2.80. The van der Waals surface area contributed by atoms with Crippen LogP contribution in [-0.4, -0.2) is 37.6 Å². The van der Waals surface area contributed by atoms with Crippen LogP contribution in [0.4, 0.5) is 5.69 Å². The summed E-state index contributed by atoms with van der Waals surface area (Å²) in [5.74, 6) is -0.978. The molecule has 6 nitrogen and oxygen atoms in total. The Labute approximate surface area is 118 Å². The van der Waals surface area contributed by atoms with E-state index < -0.39 is 13.6 Å². The normalized spacial score (nSPS) is 11.3. The van der Waals surface area contributed by atoms with E-state index in [0.29, 0.717) is 13.2 Å². The lowest BCUT2D eigenvalue weighted by molar-refractivity contribution is 0.0697. The third-order valence-corrected chi connectivity index (χ3v) is 4.67. The van der Waals surface area contributed by atoms with Gasteiger partial charge in [-0.05, 0) is 38.1 Å². The standard InChI is InChI=1S/C13H20NO5P/c1-4-18-20(17,19-5-2)10-14(3)12-8-6-11(7-9-12)13(15)16/h6-9H,4-5,10H2,1-3H3,(H,15,16). The number of anilines is 1. The number of benzene rings is 1. The van der Waals surface area contributed by atoms with Crippen molar-refractivity contribution in [3.8, 4) is 0 Å². The first-order valence-corrected chi connectivity index (χ1v) is 8.07. The summed E-state index contributed by atoms with van der Waals surface area (Å²) < 4.78 is 22.8. The minimum absolute atomic E-state index is 0.112. The molecule has 0 radical (unpaired) electrons. The summed E-state index contributed by atoms with van der Waals surface area (Å²) in [6.07, 6.45) is 0.112. The second kappa shape index (κ2) is 7.43. The van der Waals surface area contributed by atoms with Crippen molar-refractivity contribution < 1.29 is 23.5 Å². The molecule has 0 saturated carbocycles. The number of nitrogens with zero attached hydrogens (tertiary/aromatic N) is 1. The number of carboxylic acid groups (broad SMARTS) is 1. The van der Waals surface area contributed by atoms with Gasteiger partial charge in [0.15, 0.2) is 0 Å². The van der Waals surface area contributed by atoms with Gasteiger partial charge in [0.05, 0.1) is 18.8 Å². The quantitative estimate of drug-likeness (QED) is 0.744. The van der Waals surface area contributed by atoms with Crippen LogP contribution < -0.4 is 4.90 Å². The largest absolute Gasteiger partial charge is 0.478 e. The van der Waals surface area contributed by atoms with Gasteiger partial charge in [-0.3, -0.25) is 4.57 Å². The second-order valence-electron chi connectivity index (χ2n) is 4.14. The average Bonchev–Trinajstić information content (AvgIpc) is 2.39. The van der Waals surface area contributed by atoms with E-state index in [1.165, 1.54) is 12.1 Å². The van der Waals surface area contributed by atoms with Gasteiger partial charge in [0.2, 0.25) is 0 Å². The van der Waals surface area contributed by atoms with Crippen molar-refractivity contribution in [2.45, 2.75) is 13.8 Å². The first kappa shape index (κ1) is 16.7. The van der Waals surface area contributed by atoms with Gasteiger partial charge in [0, 0.05) is 12.7 Å². The molecule has 0 bridgehead atoms. The molecule has 1 aromatic carbocycles. The number of carbonyl (C=O) groups is 1. The molecule has 0 saturated heterocycles. The smallest absolute Gasteiger partial charge is 0.349 e. The zero-order chi connectivity index (χ0) is 15.2. The molecule has 0 unspecified atom stereocenters. The molecule has 0 atom stereocenters. The molecule has 0 aliphatic rings. The number of rotatable bonds is 8. The topological polar surface area (TPSA) is 76.1 Å². The van der Waals surface area contributed by atoms with Gasteiger partial charge in [0.1, 0.15) is 6.29 Å². The van der Waals surface area contributed by atoms with Crippen molar-refractivity contribution in [1.29, 1.82) is 0 Å². The van der Waals surface area contributed by atoms with E-state index in [9.17, 15) is 9.36 Å². The van der Waals surface area contributed by atoms with Crippen molar-refractivity contribution >= 4 is 19.3 Å². The van der Waals surface area contributed by atoms with Gasteiger partial charge in [-0.25, -0.2) is 4.79 Å². The lowest BCUT2D eigenvalue weighted by Crippen LogP contribution is -2.20. The van der Waals surface area contributed by atoms with Crippen LogP contribution >= 0.6 is 7.60 Å². The molecule has 0 fully saturated rings. The Morgan fingerprint density at radius 3 is 2.10 bits per heavy atom. The zero-order valence-electron chi connectivity index (χ0n) is 11.9. The van der Waals surface area contributed by atoms with Crippen LogP contribution in [-0.2, 0) is 13.6 Å². The Morgan fingerprint density at radius 2 is 1.70 bits per heavy atom. The highest BCUT2D eigenvalue weighted by molar-refractivity contribution is 7.53. The number of carboxylic acids is 1. The molecule has 7 heteroatoms. The molecule has 112 valence electrons. The van der Waals surface area contributed by atoms with E-state index in [2.05, 4.69) is 0 Å². The van der Waals surface area contributed by atoms with Crippen LogP contribution in [0.2, 0.25) is 0 Å². The van der Waals surface area contributed by atoms with Crippen LogP contribution in [0.1, 0.15) is 24.2 Å². The van der Waals surface area contributed by atoms with E-state index in [-0.39, 0.29) is 11.8 Å². The lowest BCUT2D eigenvalue weighted by atomic mass is 10.2. The summed E-state index contributed by atoms with van der Waals surface area (Å²) >= 11 is 0. The second-order valence-corrected chi connectivity index (χ2v) is 6.16. The highest BCUT2D eigenvalue weighted by atomic mass is 31.2. The van der Waals surface area contributed by atoms with Crippen LogP contribution in [0.15, 0.2) is 24.3 Å². The maximum Gasteiger partial charge on any atom is 0.349 e. The number of hydrogen-bond acceptors (Lipinski definition) is 5. The molecule has 0 aromatic heterocycles. The van der Waals surface area contributed by atoms with Gasteiger partial charge in [-0.2, -0.15) is 0 Å². The lowest BCUT2D eigenvalue weighted by Gasteiger charge is -2.25. The molecule has 0 spiro atoms. The number of hydrogen-bond donors (Lipinski definition) is 1. The van der Waals surface area contributed by atoms with Crippen molar-refractivity contribution in [2.75, 3.05) is 31.4 Å². The summed E-state index contributed by atoms with van der Waals surface area (Å²) in [5.41, 5.74) is 0.953. The first-order chi connectivity index (χ1) is 9.41. The maximum absolute atomic E-state index is 12.4. The Morgan fingerprint density at radius 1 is 1.20 bits per heavy atom. The average molecular weight is 301 g/mol. The molecule has 1 aromatic rings. The van der Waals surface area contributed by atoms with Crippen LogP contribution in [0.3, 0.4) is 0 Å². The van der Waals surface area contributed by atoms with E-state index in [1.807, 2.05) is 0 Å². The van der Waals surface area contributed by atoms with Crippen LogP contribution in [0.25, 0.3) is 0 Å². The van der Waals surface area contributed by atoms with Crippen molar-refractivity contribution in [3.63, 3.8) is 0 Å². The zero-order valence-corrected chi connectivity index (χ0v) is 12.8. The third kappa shape index (κ3) is 4.63. The fraction of sp³-hybridized carbons (Fsp3) is 0.462. The molecule has 0 aliphatic heterocycles. The summed E-state index contributed by atoms with van der Waals surface area (Å²) in [6.45, 7) is 4.13. The van der Waals surface area contributed by atoms with Gasteiger partial charge in [-0.1, -0.05) is 0 Å². The van der Waals surface area contributed by atoms with Gasteiger partial charge < -0.3 is 19.1 Å². The molecule has 1 rings (SSSR count). The minimum Gasteiger partial charge on any atom is -0.478 e. The predicted molar refractivity (Wildman–Crippen MR) is 77.5 cm³/mol. The van der Waals surface area contributed by atoms with E-state index in [0.717, 1.165) is 5.69 Å². The first-order valence-electron chi connectivity index (χ1n) is 6.34. The third-order valence-electron chi connectivity index (χ3n) is 2.59. The Bertz CT molecular complexity index is 478. The molecular formula is C13H20NO5P. The summed E-state index contributed by atoms with van der Waals surface area (Å²) in [4.78, 5) is 12.5. The SMILES string of the molecule is CCOP(=O)(CN(C)c1ccc(C(=O)O)cc1)OCC. The Kier molecular flexibility index (Phi) is 6.20. The molecule has 0 heterocycles. The summed E-state index contributed by atoms with van der Waals surface area (Å²) in [7, 11) is -1.41. The summed E-state index contributed by atoms with van der Waals surface area (Å²) in [5, 5.41) is 8.84. The van der Waals surface area contributed by atoms with Gasteiger partial charge >= 0.3 is 13.6 Å². The highest BCUT2D eigenvalue weighted by Gasteiger charge is 2.25. The van der Waals surface area contributed by atoms with Crippen molar-refractivity contribution in [1.82, 2.24) is 0 Å². The van der Waals surface area contributed by atoms with Crippen molar-refractivity contribution in [3.05, 3.63) is 29.8 Å². The molecule has 20 heavy (non-hydrogen) atoms. The molecule has 0 amide bonds. The number of aromatic carboxylic acids is 1. The highest BCUT2D eigenvalue weighted by Crippen LogP contribution is 2.48. The van der Waals surface area contributed by atoms with Crippen molar-refractivity contribution in [2.24, 2.45) is 0 Å². The van der Waals surface area contributed by atoms with E-state index >= 15 is 0 Å². The van der Waals surface area contributed by atoms with Gasteiger partial charge in [-0.15, -0.1) is 0 Å². The van der Waals surface area contributed by atoms with Gasteiger partial charge in [0.25, 0.3) is 0 Å². The fourth-order valence-electron chi connectivity index (χ4n) is 1.71. The van der Waals surface area contributed by atoms with Crippen LogP contribution in [0, 0.1) is 0 Å². The Hall–Kier alpha value is -1.36. The minimum atomic E-state index is -3.16.